The molecule has 2 N–H and O–H groups in total. The number of hydrogen-bond acceptors (Lipinski definition) is 5. The number of rotatable bonds is 6. The summed E-state index contributed by atoms with van der Waals surface area (Å²) in [4.78, 5) is 41.0. The molecule has 2 heterocycles. The fourth-order valence-corrected chi connectivity index (χ4v) is 3.41. The van der Waals surface area contributed by atoms with Gasteiger partial charge in [-0.15, -0.1) is 0 Å². The number of aromatic amines is 1. The number of aromatic nitrogens is 2. The maximum Gasteiger partial charge on any atom is 0.329 e. The van der Waals surface area contributed by atoms with Crippen LogP contribution in [0.3, 0.4) is 0 Å². The predicted octanol–water partition coefficient (Wildman–Crippen LogP) is 0.163. The Kier molecular flexibility index (Phi) is 6.08. The number of hydrogen-bond donors (Lipinski definition) is 2. The molecule has 1 aliphatic heterocycles. The predicted molar refractivity (Wildman–Crippen MR) is 103 cm³/mol. The van der Waals surface area contributed by atoms with Crippen molar-refractivity contribution in [3.8, 4) is 0 Å². The Morgan fingerprint density at radius 2 is 2.11 bits per heavy atom. The molecule has 0 aliphatic carbocycles. The number of nitrogens with one attached hydrogen (secondary N) is 2. The molecule has 8 nitrogen and oxygen atoms in total. The van der Waals surface area contributed by atoms with E-state index in [1.54, 1.807) is 24.3 Å². The van der Waals surface area contributed by atoms with Crippen LogP contribution in [0.25, 0.3) is 10.9 Å². The molecule has 8 heteroatoms. The van der Waals surface area contributed by atoms with Gasteiger partial charge in [0.1, 0.15) is 6.54 Å². The van der Waals surface area contributed by atoms with E-state index in [9.17, 15) is 14.4 Å². The first-order valence-corrected chi connectivity index (χ1v) is 9.26. The minimum absolute atomic E-state index is 0.0644. The summed E-state index contributed by atoms with van der Waals surface area (Å²) in [6, 6.07) is 6.74. The van der Waals surface area contributed by atoms with Crippen molar-refractivity contribution in [2.45, 2.75) is 26.5 Å². The molecule has 3 rings (SSSR count). The van der Waals surface area contributed by atoms with Gasteiger partial charge in [0.2, 0.25) is 5.91 Å². The molecule has 1 atom stereocenters. The third-order valence-corrected chi connectivity index (χ3v) is 4.58. The number of para-hydroxylation sites is 1. The number of carbonyl (C=O) groups is 1. The molecule has 0 saturated carbocycles. The molecule has 0 bridgehead atoms. The van der Waals surface area contributed by atoms with Crippen molar-refractivity contribution in [3.05, 3.63) is 45.1 Å². The Labute approximate surface area is 157 Å². The van der Waals surface area contributed by atoms with E-state index in [-0.39, 0.29) is 18.6 Å². The number of benzene rings is 1. The Morgan fingerprint density at radius 3 is 2.89 bits per heavy atom. The summed E-state index contributed by atoms with van der Waals surface area (Å²) >= 11 is 0. The van der Waals surface area contributed by atoms with Crippen LogP contribution in [-0.2, 0) is 16.1 Å². The van der Waals surface area contributed by atoms with Gasteiger partial charge >= 0.3 is 5.69 Å². The topological polar surface area (TPSA) is 96.4 Å². The highest BCUT2D eigenvalue weighted by molar-refractivity contribution is 5.81. The minimum atomic E-state index is -0.592. The fraction of sp³-hybridized carbons (Fsp3) is 0.526. The van der Waals surface area contributed by atoms with Crippen LogP contribution in [0, 0.1) is 5.92 Å². The molecule has 1 fully saturated rings. The van der Waals surface area contributed by atoms with Gasteiger partial charge in [-0.3, -0.25) is 24.0 Å². The Bertz CT molecular complexity index is 918. The average Bonchev–Trinajstić information content (AvgIpc) is 2.63. The molecule has 1 amide bonds. The van der Waals surface area contributed by atoms with Crippen LogP contribution in [-0.4, -0.2) is 59.2 Å². The van der Waals surface area contributed by atoms with E-state index >= 15 is 0 Å². The van der Waals surface area contributed by atoms with Gasteiger partial charge in [0.05, 0.1) is 23.6 Å². The number of fused-ring (bicyclic) bond motifs is 1. The van der Waals surface area contributed by atoms with Crippen LogP contribution in [0.1, 0.15) is 13.8 Å². The standard InChI is InChI=1S/C19H26N4O4/c1-13(2)10-22-7-8-27-14(11-22)9-20-17(24)12-23-16-6-4-3-5-15(16)18(25)21-19(23)26/h3-6,13-14H,7-12H2,1-2H3,(H,20,24)(H,21,25,26). The van der Waals surface area contributed by atoms with Gasteiger partial charge in [-0.25, -0.2) is 4.79 Å². The lowest BCUT2D eigenvalue weighted by Crippen LogP contribution is -2.49. The SMILES string of the molecule is CC(C)CN1CCOC(CNC(=O)Cn2c(=O)[nH]c(=O)c3ccccc32)C1. The first-order chi connectivity index (χ1) is 12.9. The average molecular weight is 374 g/mol. The van der Waals surface area contributed by atoms with Crippen molar-refractivity contribution in [2.24, 2.45) is 5.92 Å². The highest BCUT2D eigenvalue weighted by atomic mass is 16.5. The van der Waals surface area contributed by atoms with Crippen LogP contribution in [0.2, 0.25) is 0 Å². The van der Waals surface area contributed by atoms with Gasteiger partial charge in [0.25, 0.3) is 5.56 Å². The Balaban J connectivity index is 1.63. The Hall–Kier alpha value is -2.45. The number of ether oxygens (including phenoxy) is 1. The molecule has 1 saturated heterocycles. The molecule has 2 aromatic rings. The lowest BCUT2D eigenvalue weighted by atomic mass is 10.2. The first kappa shape index (κ1) is 19.3. The number of morpholine rings is 1. The van der Waals surface area contributed by atoms with Gasteiger partial charge in [0.15, 0.2) is 0 Å². The van der Waals surface area contributed by atoms with E-state index in [2.05, 4.69) is 29.0 Å². The summed E-state index contributed by atoms with van der Waals surface area (Å²) in [5.74, 6) is 0.289. The minimum Gasteiger partial charge on any atom is -0.374 e. The second-order valence-electron chi connectivity index (χ2n) is 7.31. The molecular weight excluding hydrogens is 348 g/mol. The molecule has 1 unspecified atom stereocenters. The zero-order valence-corrected chi connectivity index (χ0v) is 15.7. The lowest BCUT2D eigenvalue weighted by Gasteiger charge is -2.33. The normalized spacial score (nSPS) is 18.1. The zero-order valence-electron chi connectivity index (χ0n) is 15.7. The van der Waals surface area contributed by atoms with E-state index in [4.69, 9.17) is 4.74 Å². The second kappa shape index (κ2) is 8.49. The largest absolute Gasteiger partial charge is 0.374 e. The number of H-pyrrole nitrogens is 1. The smallest absolute Gasteiger partial charge is 0.329 e. The third-order valence-electron chi connectivity index (χ3n) is 4.58. The van der Waals surface area contributed by atoms with Gasteiger partial charge in [0, 0.05) is 26.2 Å². The number of carbonyl (C=O) groups excluding carboxylic acids is 1. The number of amides is 1. The zero-order chi connectivity index (χ0) is 19.4. The summed E-state index contributed by atoms with van der Waals surface area (Å²) in [7, 11) is 0. The van der Waals surface area contributed by atoms with E-state index in [0.717, 1.165) is 19.6 Å². The quantitative estimate of drug-likeness (QED) is 0.751. The lowest BCUT2D eigenvalue weighted by molar-refractivity contribution is -0.122. The van der Waals surface area contributed by atoms with E-state index in [1.807, 2.05) is 0 Å². The maximum absolute atomic E-state index is 12.4. The molecule has 1 aliphatic rings. The van der Waals surface area contributed by atoms with E-state index < -0.39 is 11.2 Å². The third kappa shape index (κ3) is 4.84. The fourth-order valence-electron chi connectivity index (χ4n) is 3.41. The van der Waals surface area contributed by atoms with Crippen LogP contribution in [0.5, 0.6) is 0 Å². The van der Waals surface area contributed by atoms with Gasteiger partial charge < -0.3 is 10.1 Å². The molecule has 1 aromatic carbocycles. The first-order valence-electron chi connectivity index (χ1n) is 9.26. The van der Waals surface area contributed by atoms with Crippen molar-refractivity contribution in [3.63, 3.8) is 0 Å². The summed E-state index contributed by atoms with van der Waals surface area (Å²) in [6.45, 7) is 7.93. The molecule has 27 heavy (non-hydrogen) atoms. The molecule has 146 valence electrons. The van der Waals surface area contributed by atoms with Crippen molar-refractivity contribution in [1.29, 1.82) is 0 Å². The van der Waals surface area contributed by atoms with Crippen LogP contribution >= 0.6 is 0 Å². The van der Waals surface area contributed by atoms with Crippen molar-refractivity contribution < 1.29 is 9.53 Å². The van der Waals surface area contributed by atoms with E-state index in [0.29, 0.717) is 30.0 Å². The van der Waals surface area contributed by atoms with Gasteiger partial charge in [-0.05, 0) is 18.1 Å². The summed E-state index contributed by atoms with van der Waals surface area (Å²) in [6.07, 6.45) is -0.0644. The van der Waals surface area contributed by atoms with Gasteiger partial charge in [-0.2, -0.15) is 0 Å². The van der Waals surface area contributed by atoms with E-state index in [1.165, 1.54) is 4.57 Å². The molecular formula is C19H26N4O4. The van der Waals surface area contributed by atoms with Crippen LogP contribution < -0.4 is 16.6 Å². The highest BCUT2D eigenvalue weighted by Crippen LogP contribution is 2.08. The summed E-state index contributed by atoms with van der Waals surface area (Å²) in [5.41, 5.74) is -0.600. The Morgan fingerprint density at radius 1 is 1.33 bits per heavy atom. The molecule has 0 spiro atoms. The van der Waals surface area contributed by atoms with Crippen molar-refractivity contribution >= 4 is 16.8 Å². The molecule has 0 radical (unpaired) electrons. The van der Waals surface area contributed by atoms with Crippen LogP contribution in [0.4, 0.5) is 0 Å². The number of nitrogens with zero attached hydrogens (tertiary/aromatic N) is 2. The molecule has 1 aromatic heterocycles. The summed E-state index contributed by atoms with van der Waals surface area (Å²) < 4.78 is 7.00. The van der Waals surface area contributed by atoms with Crippen molar-refractivity contribution in [1.82, 2.24) is 19.8 Å². The van der Waals surface area contributed by atoms with Crippen molar-refractivity contribution in [2.75, 3.05) is 32.8 Å². The summed E-state index contributed by atoms with van der Waals surface area (Å²) in [5, 5.41) is 3.22. The monoisotopic (exact) mass is 374 g/mol. The maximum atomic E-state index is 12.4. The highest BCUT2D eigenvalue weighted by Gasteiger charge is 2.21. The van der Waals surface area contributed by atoms with Crippen LogP contribution in [0.15, 0.2) is 33.9 Å². The van der Waals surface area contributed by atoms with Gasteiger partial charge in [-0.1, -0.05) is 26.0 Å². The second-order valence-corrected chi connectivity index (χ2v) is 7.31.